The summed E-state index contributed by atoms with van der Waals surface area (Å²) in [5.74, 6) is -1.19. The summed E-state index contributed by atoms with van der Waals surface area (Å²) in [6.07, 6.45) is 1.47. The Hall–Kier alpha value is -4.15. The Morgan fingerprint density at radius 1 is 1.37 bits per heavy atom. The molecule has 3 heterocycles. The van der Waals surface area contributed by atoms with Crippen LogP contribution in [0.15, 0.2) is 46.5 Å². The molecule has 0 saturated heterocycles. The molecule has 1 N–H and O–H groups in total. The average Bonchev–Trinajstić information content (AvgIpc) is 2.95. The number of carbonyl (C=O) groups is 1. The number of nitro benzene ring substituents is 1. The lowest BCUT2D eigenvalue weighted by Gasteiger charge is -2.05. The zero-order valence-corrected chi connectivity index (χ0v) is 13.4. The molecule has 2 aromatic heterocycles. The molecule has 11 nitrogen and oxygen atoms in total. The van der Waals surface area contributed by atoms with Gasteiger partial charge in [-0.2, -0.15) is 0 Å². The fourth-order valence-corrected chi connectivity index (χ4v) is 2.79. The number of benzene rings is 1. The van der Waals surface area contributed by atoms with E-state index in [2.05, 4.69) is 15.1 Å². The van der Waals surface area contributed by atoms with Crippen molar-refractivity contribution in [1.82, 2.24) is 14.5 Å². The van der Waals surface area contributed by atoms with Crippen LogP contribution in [0.4, 0.5) is 5.69 Å². The summed E-state index contributed by atoms with van der Waals surface area (Å²) in [5.41, 5.74) is 0.0949. The zero-order valence-electron chi connectivity index (χ0n) is 13.4. The second kappa shape index (κ2) is 5.98. The minimum atomic E-state index is -1.25. The molecule has 0 fully saturated rings. The number of carboxylic acid groups (broad SMARTS) is 1. The van der Waals surface area contributed by atoms with E-state index in [1.807, 2.05) is 0 Å². The van der Waals surface area contributed by atoms with Crippen molar-refractivity contribution in [3.05, 3.63) is 68.4 Å². The van der Waals surface area contributed by atoms with Crippen LogP contribution < -0.4 is 5.56 Å². The van der Waals surface area contributed by atoms with Gasteiger partial charge in [0.05, 0.1) is 16.0 Å². The summed E-state index contributed by atoms with van der Waals surface area (Å²) in [7, 11) is 0. The van der Waals surface area contributed by atoms with Gasteiger partial charge in [-0.1, -0.05) is 5.16 Å². The van der Waals surface area contributed by atoms with Gasteiger partial charge in [-0.05, 0) is 18.2 Å². The minimum absolute atomic E-state index is 0.0135. The Morgan fingerprint density at radius 2 is 2.19 bits per heavy atom. The number of rotatable bonds is 4. The topological polar surface area (TPSA) is 150 Å². The monoisotopic (exact) mass is 367 g/mol. The van der Waals surface area contributed by atoms with Crippen molar-refractivity contribution in [2.45, 2.75) is 0 Å². The van der Waals surface area contributed by atoms with E-state index in [1.54, 1.807) is 12.1 Å². The van der Waals surface area contributed by atoms with Crippen molar-refractivity contribution in [1.29, 1.82) is 0 Å². The van der Waals surface area contributed by atoms with E-state index in [0.717, 1.165) is 0 Å². The van der Waals surface area contributed by atoms with Crippen LogP contribution in [0.2, 0.25) is 0 Å². The third-order valence-electron chi connectivity index (χ3n) is 3.89. The van der Waals surface area contributed by atoms with Crippen LogP contribution in [-0.4, -0.2) is 42.9 Å². The summed E-state index contributed by atoms with van der Waals surface area (Å²) >= 11 is 0. The maximum Gasteiger partial charge on any atom is 0.344 e. The van der Waals surface area contributed by atoms with E-state index >= 15 is 0 Å². The number of nitro groups is 1. The number of hydrogen-bond donors (Lipinski definition) is 1. The van der Waals surface area contributed by atoms with Gasteiger partial charge in [0, 0.05) is 23.9 Å². The number of aromatic nitrogens is 3. The highest BCUT2D eigenvalue weighted by molar-refractivity contribution is 6.16. The lowest BCUT2D eigenvalue weighted by Crippen LogP contribution is -2.22. The van der Waals surface area contributed by atoms with Crippen LogP contribution in [0.25, 0.3) is 16.7 Å². The standard InChI is InChI=1S/C16H9N5O6/c22-12(23)7-27-19-13-10-6-8(21(25)26)3-4-11(10)20-15(13)18-14-9(16(20)24)2-1-5-17-14/h1-6H,7H2,(H,22,23)/b19-13+. The first kappa shape index (κ1) is 16.3. The molecule has 0 saturated carbocycles. The van der Waals surface area contributed by atoms with E-state index in [-0.39, 0.29) is 33.8 Å². The van der Waals surface area contributed by atoms with Crippen LogP contribution in [-0.2, 0) is 9.63 Å². The van der Waals surface area contributed by atoms with E-state index in [4.69, 9.17) is 9.94 Å². The molecule has 0 atom stereocenters. The highest BCUT2D eigenvalue weighted by Crippen LogP contribution is 2.30. The second-order valence-electron chi connectivity index (χ2n) is 5.52. The Morgan fingerprint density at radius 3 is 2.93 bits per heavy atom. The van der Waals surface area contributed by atoms with E-state index in [0.29, 0.717) is 5.69 Å². The number of hydrogen-bond acceptors (Lipinski definition) is 8. The zero-order chi connectivity index (χ0) is 19.1. The second-order valence-corrected chi connectivity index (χ2v) is 5.52. The van der Waals surface area contributed by atoms with Crippen LogP contribution in [0.3, 0.4) is 0 Å². The quantitative estimate of drug-likeness (QED) is 0.412. The van der Waals surface area contributed by atoms with E-state index in [9.17, 15) is 19.7 Å². The first-order valence-corrected chi connectivity index (χ1v) is 7.56. The lowest BCUT2D eigenvalue weighted by atomic mass is 10.1. The van der Waals surface area contributed by atoms with E-state index in [1.165, 1.54) is 29.0 Å². The van der Waals surface area contributed by atoms with Gasteiger partial charge in [0.25, 0.3) is 11.2 Å². The molecule has 0 amide bonds. The van der Waals surface area contributed by atoms with Crippen LogP contribution >= 0.6 is 0 Å². The number of nitrogens with zero attached hydrogens (tertiary/aromatic N) is 5. The fraction of sp³-hybridized carbons (Fsp3) is 0.0625. The summed E-state index contributed by atoms with van der Waals surface area (Å²) in [6, 6.07) is 7.04. The molecule has 11 heteroatoms. The van der Waals surface area contributed by atoms with Gasteiger partial charge in [0.15, 0.2) is 17.2 Å². The van der Waals surface area contributed by atoms with E-state index < -0.39 is 23.1 Å². The summed E-state index contributed by atoms with van der Waals surface area (Å²) in [5, 5.41) is 23.8. The molecule has 1 aromatic carbocycles. The number of oxime groups is 1. The van der Waals surface area contributed by atoms with Crippen LogP contribution in [0.5, 0.6) is 0 Å². The third-order valence-corrected chi connectivity index (χ3v) is 3.89. The maximum atomic E-state index is 12.9. The normalized spacial score (nSPS) is 13.4. The minimum Gasteiger partial charge on any atom is -0.479 e. The highest BCUT2D eigenvalue weighted by Gasteiger charge is 2.31. The van der Waals surface area contributed by atoms with Crippen molar-refractivity contribution >= 4 is 28.4 Å². The number of pyridine rings is 1. The number of non-ortho nitro benzene ring substituents is 1. The van der Waals surface area contributed by atoms with Crippen molar-refractivity contribution in [2.75, 3.05) is 6.61 Å². The highest BCUT2D eigenvalue weighted by atomic mass is 16.6. The molecular formula is C16H9N5O6. The average molecular weight is 367 g/mol. The summed E-state index contributed by atoms with van der Waals surface area (Å²) in [4.78, 5) is 47.2. The van der Waals surface area contributed by atoms with Crippen molar-refractivity contribution in [3.63, 3.8) is 0 Å². The van der Waals surface area contributed by atoms with Crippen molar-refractivity contribution in [2.24, 2.45) is 5.16 Å². The molecule has 0 radical (unpaired) electrons. The van der Waals surface area contributed by atoms with Gasteiger partial charge in [-0.15, -0.1) is 0 Å². The van der Waals surface area contributed by atoms with Gasteiger partial charge in [0.2, 0.25) is 6.61 Å². The number of fused-ring (bicyclic) bond motifs is 4. The van der Waals surface area contributed by atoms with Crippen molar-refractivity contribution < 1.29 is 19.7 Å². The van der Waals surface area contributed by atoms with Crippen molar-refractivity contribution in [3.8, 4) is 5.69 Å². The van der Waals surface area contributed by atoms with Gasteiger partial charge >= 0.3 is 5.97 Å². The first-order valence-electron chi connectivity index (χ1n) is 7.56. The molecule has 27 heavy (non-hydrogen) atoms. The van der Waals surface area contributed by atoms with Gasteiger partial charge in [-0.3, -0.25) is 19.5 Å². The largest absolute Gasteiger partial charge is 0.479 e. The fourth-order valence-electron chi connectivity index (χ4n) is 2.79. The molecule has 134 valence electrons. The number of aliphatic carboxylic acids is 1. The molecule has 0 bridgehead atoms. The predicted octanol–water partition coefficient (Wildman–Crippen LogP) is 0.856. The van der Waals surface area contributed by atoms with Gasteiger partial charge in [0.1, 0.15) is 0 Å². The Bertz CT molecular complexity index is 1220. The van der Waals surface area contributed by atoms with Gasteiger partial charge < -0.3 is 9.94 Å². The summed E-state index contributed by atoms with van der Waals surface area (Å²) in [6.45, 7) is -0.718. The van der Waals surface area contributed by atoms with Gasteiger partial charge in [-0.25, -0.2) is 14.8 Å². The van der Waals surface area contributed by atoms with Crippen LogP contribution in [0.1, 0.15) is 11.4 Å². The molecule has 1 aliphatic heterocycles. The number of carboxylic acids is 1. The van der Waals surface area contributed by atoms with Crippen LogP contribution in [0, 0.1) is 10.1 Å². The summed E-state index contributed by atoms with van der Waals surface area (Å²) < 4.78 is 1.24. The molecular weight excluding hydrogens is 358 g/mol. The molecule has 0 aliphatic carbocycles. The SMILES string of the molecule is O=C(O)CO/N=C1\c2cc([N+](=O)[O-])ccc2-n2c1nc1ncccc1c2=O. The predicted molar refractivity (Wildman–Crippen MR) is 91.0 cm³/mol. The molecule has 1 aliphatic rings. The Labute approximate surface area is 149 Å². The molecule has 0 spiro atoms. The smallest absolute Gasteiger partial charge is 0.344 e. The lowest BCUT2D eigenvalue weighted by molar-refractivity contribution is -0.384. The molecule has 0 unspecified atom stereocenters. The third kappa shape index (κ3) is 2.57. The Balaban J connectivity index is 2.01. The first-order chi connectivity index (χ1) is 13.0. The molecule has 3 aromatic rings. The molecule has 4 rings (SSSR count). The maximum absolute atomic E-state index is 12.9. The Kier molecular flexibility index (Phi) is 3.62.